The number of thiazole rings is 1. The number of carbonyl (C=O) groups excluding carboxylic acids is 1. The molecule has 0 aliphatic heterocycles. The van der Waals surface area contributed by atoms with E-state index in [0.29, 0.717) is 10.7 Å². The number of rotatable bonds is 4. The van der Waals surface area contributed by atoms with Gasteiger partial charge in [0.1, 0.15) is 11.6 Å². The maximum Gasteiger partial charge on any atom is 0.257 e. The highest BCUT2D eigenvalue weighted by Gasteiger charge is 2.11. The van der Waals surface area contributed by atoms with Crippen LogP contribution in [-0.2, 0) is 0 Å². The van der Waals surface area contributed by atoms with E-state index in [1.165, 1.54) is 35.6 Å². The summed E-state index contributed by atoms with van der Waals surface area (Å²) in [7, 11) is 1.63. The van der Waals surface area contributed by atoms with Crippen molar-refractivity contribution in [3.8, 4) is 17.0 Å². The molecule has 1 N–H and O–H groups in total. The molecule has 0 saturated heterocycles. The molecule has 0 aliphatic carbocycles. The number of benzene rings is 2. The fourth-order valence-electron chi connectivity index (χ4n) is 2.27. The first-order chi connectivity index (χ1) is 11.6. The van der Waals surface area contributed by atoms with Gasteiger partial charge in [0.25, 0.3) is 5.91 Å². The zero-order chi connectivity index (χ0) is 17.1. The summed E-state index contributed by atoms with van der Waals surface area (Å²) in [6, 6.07) is 11.2. The van der Waals surface area contributed by atoms with Gasteiger partial charge in [-0.3, -0.25) is 10.1 Å². The normalized spacial score (nSPS) is 10.5. The number of hydrogen-bond donors (Lipinski definition) is 1. The van der Waals surface area contributed by atoms with Crippen LogP contribution in [0.5, 0.6) is 5.75 Å². The van der Waals surface area contributed by atoms with Gasteiger partial charge in [0.15, 0.2) is 5.13 Å². The molecule has 6 heteroatoms. The van der Waals surface area contributed by atoms with Crippen molar-refractivity contribution >= 4 is 22.4 Å². The second-order valence-corrected chi connectivity index (χ2v) is 6.04. The van der Waals surface area contributed by atoms with Gasteiger partial charge in [-0.05, 0) is 55.0 Å². The van der Waals surface area contributed by atoms with Gasteiger partial charge in [-0.2, -0.15) is 0 Å². The Morgan fingerprint density at radius 3 is 2.62 bits per heavy atom. The lowest BCUT2D eigenvalue weighted by molar-refractivity contribution is 0.102. The van der Waals surface area contributed by atoms with Crippen LogP contribution < -0.4 is 10.1 Å². The number of nitrogens with zero attached hydrogens (tertiary/aromatic N) is 1. The molecule has 0 fully saturated rings. The fourth-order valence-corrected chi connectivity index (χ4v) is 2.99. The zero-order valence-electron chi connectivity index (χ0n) is 13.2. The molecule has 0 saturated carbocycles. The minimum Gasteiger partial charge on any atom is -0.496 e. The van der Waals surface area contributed by atoms with E-state index in [2.05, 4.69) is 10.3 Å². The van der Waals surface area contributed by atoms with E-state index in [9.17, 15) is 9.18 Å². The lowest BCUT2D eigenvalue weighted by Crippen LogP contribution is -2.11. The van der Waals surface area contributed by atoms with Crippen molar-refractivity contribution in [2.75, 3.05) is 12.4 Å². The van der Waals surface area contributed by atoms with E-state index in [1.807, 2.05) is 30.5 Å². The summed E-state index contributed by atoms with van der Waals surface area (Å²) in [6.45, 7) is 1.96. The van der Waals surface area contributed by atoms with E-state index in [4.69, 9.17) is 4.74 Å². The first-order valence-corrected chi connectivity index (χ1v) is 8.12. The highest BCUT2D eigenvalue weighted by Crippen LogP contribution is 2.28. The van der Waals surface area contributed by atoms with Crippen molar-refractivity contribution in [3.63, 3.8) is 0 Å². The van der Waals surface area contributed by atoms with Crippen LogP contribution in [0.15, 0.2) is 47.8 Å². The Morgan fingerprint density at radius 2 is 1.96 bits per heavy atom. The van der Waals surface area contributed by atoms with Crippen molar-refractivity contribution in [1.82, 2.24) is 4.98 Å². The van der Waals surface area contributed by atoms with Gasteiger partial charge in [0, 0.05) is 16.5 Å². The van der Waals surface area contributed by atoms with Gasteiger partial charge in [0.2, 0.25) is 0 Å². The number of amides is 1. The summed E-state index contributed by atoms with van der Waals surface area (Å²) in [4.78, 5) is 16.6. The van der Waals surface area contributed by atoms with Gasteiger partial charge >= 0.3 is 0 Å². The standard InChI is InChI=1S/C18H15FN2O2S/c1-11-9-13(5-8-16(11)23-2)15-10-24-18(20-15)21-17(22)12-3-6-14(19)7-4-12/h3-10H,1-2H3,(H,20,21,22). The minimum atomic E-state index is -0.377. The zero-order valence-corrected chi connectivity index (χ0v) is 14.0. The van der Waals surface area contributed by atoms with Crippen molar-refractivity contribution in [2.45, 2.75) is 6.92 Å². The average Bonchev–Trinajstić information content (AvgIpc) is 3.04. The predicted molar refractivity (Wildman–Crippen MR) is 93.2 cm³/mol. The summed E-state index contributed by atoms with van der Waals surface area (Å²) in [6.07, 6.45) is 0. The number of nitrogens with one attached hydrogen (secondary N) is 1. The third kappa shape index (κ3) is 3.44. The molecule has 4 nitrogen and oxygen atoms in total. The Labute approximate surface area is 142 Å². The Hall–Kier alpha value is -2.73. The van der Waals surface area contributed by atoms with Gasteiger partial charge in [-0.25, -0.2) is 9.37 Å². The smallest absolute Gasteiger partial charge is 0.257 e. The molecule has 3 aromatic rings. The van der Waals surface area contributed by atoms with Crippen molar-refractivity contribution < 1.29 is 13.9 Å². The third-order valence-electron chi connectivity index (χ3n) is 3.52. The second kappa shape index (κ2) is 6.80. The molecule has 1 aromatic heterocycles. The van der Waals surface area contributed by atoms with Crippen LogP contribution in [0.25, 0.3) is 11.3 Å². The summed E-state index contributed by atoms with van der Waals surface area (Å²) >= 11 is 1.34. The molecule has 0 aliphatic rings. The van der Waals surface area contributed by atoms with Crippen LogP contribution in [0.2, 0.25) is 0 Å². The average molecular weight is 342 g/mol. The van der Waals surface area contributed by atoms with Crippen LogP contribution in [0.1, 0.15) is 15.9 Å². The van der Waals surface area contributed by atoms with Crippen LogP contribution >= 0.6 is 11.3 Å². The number of aromatic nitrogens is 1. The topological polar surface area (TPSA) is 51.2 Å². The van der Waals surface area contributed by atoms with Gasteiger partial charge in [-0.1, -0.05) is 0 Å². The van der Waals surface area contributed by atoms with Gasteiger partial charge < -0.3 is 4.74 Å². The van der Waals surface area contributed by atoms with Crippen molar-refractivity contribution in [3.05, 3.63) is 64.8 Å². The molecule has 0 radical (unpaired) electrons. The summed E-state index contributed by atoms with van der Waals surface area (Å²) in [5.41, 5.74) is 3.13. The molecule has 122 valence electrons. The summed E-state index contributed by atoms with van der Waals surface area (Å²) < 4.78 is 18.2. The molecule has 2 aromatic carbocycles. The van der Waals surface area contributed by atoms with Gasteiger partial charge in [-0.15, -0.1) is 11.3 Å². The molecule has 0 unspecified atom stereocenters. The number of anilines is 1. The van der Waals surface area contributed by atoms with E-state index in [0.717, 1.165) is 22.6 Å². The van der Waals surface area contributed by atoms with Crippen LogP contribution in [0.4, 0.5) is 9.52 Å². The number of carbonyl (C=O) groups is 1. The van der Waals surface area contributed by atoms with Gasteiger partial charge in [0.05, 0.1) is 12.8 Å². The molecule has 3 rings (SSSR count). The number of hydrogen-bond acceptors (Lipinski definition) is 4. The molecule has 0 bridgehead atoms. The molecule has 1 amide bonds. The highest BCUT2D eigenvalue weighted by molar-refractivity contribution is 7.14. The Bertz CT molecular complexity index is 875. The van der Waals surface area contributed by atoms with Crippen molar-refractivity contribution in [1.29, 1.82) is 0 Å². The summed E-state index contributed by atoms with van der Waals surface area (Å²) in [5, 5.41) is 5.10. The molecule has 0 atom stereocenters. The molecular weight excluding hydrogens is 327 g/mol. The minimum absolute atomic E-state index is 0.318. The number of methoxy groups -OCH3 is 1. The largest absolute Gasteiger partial charge is 0.496 e. The maximum absolute atomic E-state index is 12.9. The second-order valence-electron chi connectivity index (χ2n) is 5.18. The summed E-state index contributed by atoms with van der Waals surface area (Å²) in [5.74, 6) is 0.124. The van der Waals surface area contributed by atoms with Crippen LogP contribution in [-0.4, -0.2) is 18.0 Å². The molecular formula is C18H15FN2O2S. The van der Waals surface area contributed by atoms with E-state index in [-0.39, 0.29) is 11.7 Å². The molecule has 0 spiro atoms. The Kier molecular flexibility index (Phi) is 4.57. The number of ether oxygens (including phenoxy) is 1. The maximum atomic E-state index is 12.9. The predicted octanol–water partition coefficient (Wildman–Crippen LogP) is 4.52. The monoisotopic (exact) mass is 342 g/mol. The third-order valence-corrected chi connectivity index (χ3v) is 4.28. The molecule has 24 heavy (non-hydrogen) atoms. The SMILES string of the molecule is COc1ccc(-c2csc(NC(=O)c3ccc(F)cc3)n2)cc1C. The lowest BCUT2D eigenvalue weighted by atomic mass is 10.1. The highest BCUT2D eigenvalue weighted by atomic mass is 32.1. The van der Waals surface area contributed by atoms with Crippen LogP contribution in [0.3, 0.4) is 0 Å². The Morgan fingerprint density at radius 1 is 1.21 bits per heavy atom. The van der Waals surface area contributed by atoms with Crippen LogP contribution in [0, 0.1) is 12.7 Å². The van der Waals surface area contributed by atoms with Crippen molar-refractivity contribution in [2.24, 2.45) is 0 Å². The van der Waals surface area contributed by atoms with E-state index in [1.54, 1.807) is 7.11 Å². The number of aryl methyl sites for hydroxylation is 1. The van der Waals surface area contributed by atoms with E-state index >= 15 is 0 Å². The first kappa shape index (κ1) is 16.1. The molecule has 1 heterocycles. The fraction of sp³-hybridized carbons (Fsp3) is 0.111. The van der Waals surface area contributed by atoms with E-state index < -0.39 is 0 Å². The quantitative estimate of drug-likeness (QED) is 0.758. The first-order valence-electron chi connectivity index (χ1n) is 7.24. The number of halogens is 1. The Balaban J connectivity index is 1.77. The lowest BCUT2D eigenvalue weighted by Gasteiger charge is -2.05.